The molecule has 2 fully saturated rings. The quantitative estimate of drug-likeness (QED) is 0.915. The number of ether oxygens (including phenoxy) is 2. The molecular weight excluding hydrogens is 260 g/mol. The fourth-order valence-electron chi connectivity index (χ4n) is 3.02. The van der Waals surface area contributed by atoms with Crippen LogP contribution in [0.1, 0.15) is 55.1 Å². The molecule has 1 aromatic heterocycles. The van der Waals surface area contributed by atoms with Gasteiger partial charge >= 0.3 is 5.97 Å². The molecule has 0 radical (unpaired) electrons. The zero-order chi connectivity index (χ0) is 13.9. The van der Waals surface area contributed by atoms with E-state index >= 15 is 0 Å². The summed E-state index contributed by atoms with van der Waals surface area (Å²) < 4.78 is 12.8. The molecule has 2 aliphatic rings. The Balaban J connectivity index is 1.82. The van der Waals surface area contributed by atoms with Gasteiger partial charge in [-0.1, -0.05) is 0 Å². The van der Waals surface area contributed by atoms with Crippen LogP contribution in [0.15, 0.2) is 6.20 Å². The van der Waals surface area contributed by atoms with Crippen LogP contribution in [0.25, 0.3) is 0 Å². The molecule has 3 rings (SSSR count). The maximum atomic E-state index is 11.5. The first kappa shape index (κ1) is 13.4. The van der Waals surface area contributed by atoms with Crippen LogP contribution in [0.3, 0.4) is 0 Å². The number of carboxylic acids is 1. The van der Waals surface area contributed by atoms with E-state index in [1.807, 2.05) is 0 Å². The average Bonchev–Trinajstić information content (AvgIpc) is 3.09. The van der Waals surface area contributed by atoms with Gasteiger partial charge in [0.1, 0.15) is 0 Å². The molecule has 1 aliphatic heterocycles. The number of rotatable bonds is 4. The van der Waals surface area contributed by atoms with Crippen molar-refractivity contribution in [2.24, 2.45) is 0 Å². The van der Waals surface area contributed by atoms with Gasteiger partial charge in [-0.2, -0.15) is 5.10 Å². The number of carboxylic acid groups (broad SMARTS) is 1. The van der Waals surface area contributed by atoms with E-state index in [2.05, 4.69) is 5.10 Å². The molecule has 110 valence electrons. The predicted molar refractivity (Wildman–Crippen MR) is 71.2 cm³/mol. The fourth-order valence-corrected chi connectivity index (χ4v) is 3.02. The lowest BCUT2D eigenvalue weighted by Gasteiger charge is -2.23. The summed E-state index contributed by atoms with van der Waals surface area (Å²) in [6.45, 7) is 1.26. The zero-order valence-electron chi connectivity index (χ0n) is 11.5. The van der Waals surface area contributed by atoms with Gasteiger partial charge in [-0.3, -0.25) is 0 Å². The standard InChI is InChI=1S/C14H20N2O4/c17-14(18)13-12(20-11-5-1-2-6-11)8-15-16(13)10-4-3-7-19-9-10/h8,10-11H,1-7,9H2,(H,17,18). The van der Waals surface area contributed by atoms with Gasteiger partial charge in [0.2, 0.25) is 0 Å². The van der Waals surface area contributed by atoms with Crippen LogP contribution in [-0.4, -0.2) is 40.2 Å². The molecule has 2 heterocycles. The number of hydrogen-bond acceptors (Lipinski definition) is 4. The van der Waals surface area contributed by atoms with Crippen LogP contribution < -0.4 is 4.74 Å². The van der Waals surface area contributed by atoms with E-state index in [0.29, 0.717) is 12.4 Å². The molecule has 1 atom stereocenters. The lowest BCUT2D eigenvalue weighted by Crippen LogP contribution is -2.25. The highest BCUT2D eigenvalue weighted by molar-refractivity contribution is 5.88. The summed E-state index contributed by atoms with van der Waals surface area (Å²) in [5, 5.41) is 13.7. The Bertz CT molecular complexity index is 474. The topological polar surface area (TPSA) is 73.6 Å². The van der Waals surface area contributed by atoms with Crippen LogP contribution in [0.2, 0.25) is 0 Å². The number of nitrogens with zero attached hydrogens (tertiary/aromatic N) is 2. The third-order valence-electron chi connectivity index (χ3n) is 4.04. The van der Waals surface area contributed by atoms with Gasteiger partial charge in [0.15, 0.2) is 11.4 Å². The molecule has 1 unspecified atom stereocenters. The minimum atomic E-state index is -0.985. The third-order valence-corrected chi connectivity index (χ3v) is 4.04. The Hall–Kier alpha value is -1.56. The van der Waals surface area contributed by atoms with E-state index in [9.17, 15) is 9.90 Å². The summed E-state index contributed by atoms with van der Waals surface area (Å²) >= 11 is 0. The molecule has 1 N–H and O–H groups in total. The number of aromatic nitrogens is 2. The highest BCUT2D eigenvalue weighted by atomic mass is 16.5. The smallest absolute Gasteiger partial charge is 0.358 e. The van der Waals surface area contributed by atoms with Gasteiger partial charge in [0, 0.05) is 6.61 Å². The van der Waals surface area contributed by atoms with Gasteiger partial charge < -0.3 is 14.6 Å². The molecule has 1 aromatic rings. The molecule has 6 heteroatoms. The summed E-state index contributed by atoms with van der Waals surface area (Å²) in [5.74, 6) is -0.587. The van der Waals surface area contributed by atoms with E-state index in [4.69, 9.17) is 9.47 Å². The first-order valence-corrected chi connectivity index (χ1v) is 7.31. The van der Waals surface area contributed by atoms with Crippen molar-refractivity contribution in [3.8, 4) is 5.75 Å². The van der Waals surface area contributed by atoms with E-state index in [1.54, 1.807) is 4.68 Å². The highest BCUT2D eigenvalue weighted by Gasteiger charge is 2.28. The Morgan fingerprint density at radius 1 is 1.35 bits per heavy atom. The van der Waals surface area contributed by atoms with Crippen molar-refractivity contribution < 1.29 is 19.4 Å². The molecule has 1 saturated heterocycles. The van der Waals surface area contributed by atoms with Crippen LogP contribution in [-0.2, 0) is 4.74 Å². The number of hydrogen-bond donors (Lipinski definition) is 1. The van der Waals surface area contributed by atoms with E-state index in [-0.39, 0.29) is 17.8 Å². The van der Waals surface area contributed by atoms with E-state index in [1.165, 1.54) is 6.20 Å². The highest BCUT2D eigenvalue weighted by Crippen LogP contribution is 2.29. The molecule has 0 aromatic carbocycles. The summed E-state index contributed by atoms with van der Waals surface area (Å²) in [5.41, 5.74) is 0.160. The van der Waals surface area contributed by atoms with Crippen molar-refractivity contribution in [3.63, 3.8) is 0 Å². The lowest BCUT2D eigenvalue weighted by molar-refractivity contribution is 0.0494. The Morgan fingerprint density at radius 2 is 2.15 bits per heavy atom. The van der Waals surface area contributed by atoms with Gasteiger partial charge in [-0.25, -0.2) is 9.48 Å². The Morgan fingerprint density at radius 3 is 2.80 bits per heavy atom. The van der Waals surface area contributed by atoms with Gasteiger partial charge in [0.05, 0.1) is 24.9 Å². The van der Waals surface area contributed by atoms with Gasteiger partial charge in [0.25, 0.3) is 0 Å². The monoisotopic (exact) mass is 280 g/mol. The molecular formula is C14H20N2O4. The maximum absolute atomic E-state index is 11.5. The minimum absolute atomic E-state index is 0.00391. The van der Waals surface area contributed by atoms with Crippen molar-refractivity contribution >= 4 is 5.97 Å². The first-order valence-electron chi connectivity index (χ1n) is 7.31. The molecule has 0 amide bonds. The molecule has 1 saturated carbocycles. The maximum Gasteiger partial charge on any atom is 0.358 e. The lowest BCUT2D eigenvalue weighted by atomic mass is 10.1. The van der Waals surface area contributed by atoms with Crippen LogP contribution in [0.5, 0.6) is 5.75 Å². The number of carbonyl (C=O) groups is 1. The molecule has 0 bridgehead atoms. The largest absolute Gasteiger partial charge is 0.486 e. The predicted octanol–water partition coefficient (Wildman–Crippen LogP) is 2.25. The third kappa shape index (κ3) is 2.65. The fraction of sp³-hybridized carbons (Fsp3) is 0.714. The van der Waals surface area contributed by atoms with Crippen LogP contribution in [0, 0.1) is 0 Å². The van der Waals surface area contributed by atoms with E-state index < -0.39 is 5.97 Å². The van der Waals surface area contributed by atoms with Crippen LogP contribution in [0.4, 0.5) is 0 Å². The van der Waals surface area contributed by atoms with Gasteiger partial charge in [-0.15, -0.1) is 0 Å². The second-order valence-corrected chi connectivity index (χ2v) is 5.50. The SMILES string of the molecule is O=C(O)c1c(OC2CCCC2)cnn1C1CCCOC1. The minimum Gasteiger partial charge on any atom is -0.486 e. The van der Waals surface area contributed by atoms with E-state index in [0.717, 1.165) is 45.1 Å². The van der Waals surface area contributed by atoms with Crippen molar-refractivity contribution in [1.29, 1.82) is 0 Å². The number of aromatic carboxylic acids is 1. The second-order valence-electron chi connectivity index (χ2n) is 5.50. The zero-order valence-corrected chi connectivity index (χ0v) is 11.5. The molecule has 1 aliphatic carbocycles. The summed E-state index contributed by atoms with van der Waals surface area (Å²) in [4.78, 5) is 11.5. The average molecular weight is 280 g/mol. The summed E-state index contributed by atoms with van der Waals surface area (Å²) in [7, 11) is 0. The second kappa shape index (κ2) is 5.83. The van der Waals surface area contributed by atoms with Crippen LogP contribution >= 0.6 is 0 Å². The molecule has 20 heavy (non-hydrogen) atoms. The molecule has 0 spiro atoms. The van der Waals surface area contributed by atoms with Gasteiger partial charge in [-0.05, 0) is 38.5 Å². The molecule has 6 nitrogen and oxygen atoms in total. The van der Waals surface area contributed by atoms with Crippen molar-refractivity contribution in [2.75, 3.05) is 13.2 Å². The summed E-state index contributed by atoms with van der Waals surface area (Å²) in [6.07, 6.45) is 7.79. The normalized spacial score (nSPS) is 23.9. The first-order chi connectivity index (χ1) is 9.75. The van der Waals surface area contributed by atoms with Crippen molar-refractivity contribution in [2.45, 2.75) is 50.7 Å². The van der Waals surface area contributed by atoms with Crippen molar-refractivity contribution in [1.82, 2.24) is 9.78 Å². The van der Waals surface area contributed by atoms with Crippen molar-refractivity contribution in [3.05, 3.63) is 11.9 Å². The Labute approximate surface area is 117 Å². The Kier molecular flexibility index (Phi) is 3.91. The summed E-state index contributed by atoms with van der Waals surface area (Å²) in [6, 6.07) is -0.00391.